The van der Waals surface area contributed by atoms with Crippen molar-refractivity contribution >= 4 is 23.5 Å². The second-order valence-corrected chi connectivity index (χ2v) is 9.07. The predicted molar refractivity (Wildman–Crippen MR) is 119 cm³/mol. The highest BCUT2D eigenvalue weighted by Gasteiger charge is 2.28. The molecule has 3 rings (SSSR count). The summed E-state index contributed by atoms with van der Waals surface area (Å²) in [5, 5.41) is 0.103. The van der Waals surface area contributed by atoms with Crippen LogP contribution in [0.15, 0.2) is 36.4 Å². The molecule has 6 nitrogen and oxygen atoms in total. The maximum atomic E-state index is 14.6. The number of nitrogens with zero attached hydrogens (tertiary/aromatic N) is 1. The lowest BCUT2D eigenvalue weighted by Crippen LogP contribution is -2.44. The summed E-state index contributed by atoms with van der Waals surface area (Å²) in [5.74, 6) is -0.678. The Morgan fingerprint density at radius 1 is 1.22 bits per heavy atom. The van der Waals surface area contributed by atoms with Crippen LogP contribution in [0, 0.1) is 5.82 Å². The number of carbonyl (C=O) groups is 2. The molecule has 172 valence electrons. The smallest absolute Gasteiger partial charge is 0.341 e. The number of hydrogen-bond acceptors (Lipinski definition) is 5. The van der Waals surface area contributed by atoms with Gasteiger partial charge in [-0.2, -0.15) is 0 Å². The maximum Gasteiger partial charge on any atom is 0.341 e. The monoisotopic (exact) mass is 463 g/mol. The van der Waals surface area contributed by atoms with Crippen molar-refractivity contribution in [2.45, 2.75) is 51.9 Å². The molecule has 1 fully saturated rings. The molecule has 1 amide bonds. The van der Waals surface area contributed by atoms with Crippen LogP contribution in [0.1, 0.15) is 49.5 Å². The average Bonchev–Trinajstić information content (AvgIpc) is 2.72. The number of hydrogen-bond donors (Lipinski definition) is 0. The lowest BCUT2D eigenvalue weighted by Gasteiger charge is -2.33. The molecule has 0 bridgehead atoms. The Labute approximate surface area is 192 Å². The molecule has 2 aromatic carbocycles. The lowest BCUT2D eigenvalue weighted by molar-refractivity contribution is -0.136. The first-order valence-corrected chi connectivity index (χ1v) is 10.7. The highest BCUT2D eigenvalue weighted by atomic mass is 35.5. The van der Waals surface area contributed by atoms with E-state index in [0.717, 1.165) is 17.4 Å². The molecule has 0 radical (unpaired) electrons. The molecule has 1 aliphatic heterocycles. The van der Waals surface area contributed by atoms with E-state index in [1.165, 1.54) is 6.07 Å². The first-order valence-electron chi connectivity index (χ1n) is 10.4. The standard InChI is InChI=1S/C24H27ClFNO5/c1-24(2,3)32-23(29)18-11-19(25)21(12-20(18)26)31-17-9-10-22(28)27(14-17)13-15-5-7-16(30-4)8-6-15/h5-8,11-12,17H,9-10,13-14H2,1-4H3. The zero-order valence-electron chi connectivity index (χ0n) is 18.6. The topological polar surface area (TPSA) is 65.1 Å². The van der Waals surface area contributed by atoms with E-state index >= 15 is 0 Å². The number of likely N-dealkylation sites (tertiary alicyclic amines) is 1. The van der Waals surface area contributed by atoms with Crippen LogP contribution in [-0.2, 0) is 16.1 Å². The molecule has 0 aliphatic carbocycles. The van der Waals surface area contributed by atoms with E-state index in [-0.39, 0.29) is 28.3 Å². The van der Waals surface area contributed by atoms with E-state index in [1.54, 1.807) is 32.8 Å². The predicted octanol–water partition coefficient (Wildman–Crippen LogP) is 5.01. The fourth-order valence-electron chi connectivity index (χ4n) is 3.37. The fourth-order valence-corrected chi connectivity index (χ4v) is 3.58. The number of esters is 1. The largest absolute Gasteiger partial charge is 0.497 e. The first kappa shape index (κ1) is 23.9. The van der Waals surface area contributed by atoms with Gasteiger partial charge in [-0.3, -0.25) is 4.79 Å². The van der Waals surface area contributed by atoms with Crippen molar-refractivity contribution < 1.29 is 28.2 Å². The number of piperidine rings is 1. The molecule has 8 heteroatoms. The summed E-state index contributed by atoms with van der Waals surface area (Å²) < 4.78 is 30.9. The molecule has 1 saturated heterocycles. The van der Waals surface area contributed by atoms with Crippen LogP contribution in [0.2, 0.25) is 5.02 Å². The average molecular weight is 464 g/mol. The van der Waals surface area contributed by atoms with Crippen molar-refractivity contribution in [3.63, 3.8) is 0 Å². The van der Waals surface area contributed by atoms with Crippen LogP contribution < -0.4 is 9.47 Å². The third-order valence-corrected chi connectivity index (χ3v) is 5.22. The summed E-state index contributed by atoms with van der Waals surface area (Å²) in [6.45, 7) is 5.87. The quantitative estimate of drug-likeness (QED) is 0.563. The summed E-state index contributed by atoms with van der Waals surface area (Å²) in [5.41, 5.74) is -0.0459. The van der Waals surface area contributed by atoms with Gasteiger partial charge in [-0.1, -0.05) is 23.7 Å². The number of halogens is 2. The van der Waals surface area contributed by atoms with Crippen LogP contribution >= 0.6 is 11.6 Å². The second-order valence-electron chi connectivity index (χ2n) is 8.67. The molecule has 0 saturated carbocycles. The van der Waals surface area contributed by atoms with Gasteiger partial charge in [-0.25, -0.2) is 9.18 Å². The number of ether oxygens (including phenoxy) is 3. The molecule has 0 aromatic heterocycles. The van der Waals surface area contributed by atoms with Gasteiger partial charge in [0.15, 0.2) is 0 Å². The minimum atomic E-state index is -0.794. The van der Waals surface area contributed by atoms with Crippen molar-refractivity contribution in [2.75, 3.05) is 13.7 Å². The van der Waals surface area contributed by atoms with E-state index < -0.39 is 17.4 Å². The molecular formula is C24H27ClFNO5. The molecule has 1 unspecified atom stereocenters. The Bertz CT molecular complexity index is 987. The molecule has 2 aromatic rings. The van der Waals surface area contributed by atoms with Crippen molar-refractivity contribution in [1.29, 1.82) is 0 Å². The van der Waals surface area contributed by atoms with Crippen LogP contribution in [0.4, 0.5) is 4.39 Å². The highest BCUT2D eigenvalue weighted by molar-refractivity contribution is 6.32. The van der Waals surface area contributed by atoms with Crippen LogP contribution in [0.3, 0.4) is 0 Å². The third-order valence-electron chi connectivity index (χ3n) is 4.92. The Balaban J connectivity index is 1.69. The fraction of sp³-hybridized carbons (Fsp3) is 0.417. The van der Waals surface area contributed by atoms with E-state index in [4.69, 9.17) is 25.8 Å². The van der Waals surface area contributed by atoms with Gasteiger partial charge in [0.05, 0.1) is 24.2 Å². The summed E-state index contributed by atoms with van der Waals surface area (Å²) in [6, 6.07) is 9.78. The molecule has 1 aliphatic rings. The van der Waals surface area contributed by atoms with E-state index in [2.05, 4.69) is 0 Å². The van der Waals surface area contributed by atoms with Gasteiger partial charge in [0, 0.05) is 19.0 Å². The second kappa shape index (κ2) is 9.77. The minimum absolute atomic E-state index is 0.0261. The Morgan fingerprint density at radius 2 is 1.91 bits per heavy atom. The van der Waals surface area contributed by atoms with Gasteiger partial charge >= 0.3 is 5.97 Å². The molecule has 1 heterocycles. The Morgan fingerprint density at radius 3 is 2.53 bits per heavy atom. The number of benzene rings is 2. The molecule has 0 spiro atoms. The number of methoxy groups -OCH3 is 1. The van der Waals surface area contributed by atoms with Crippen molar-refractivity contribution in [3.8, 4) is 11.5 Å². The Hall–Kier alpha value is -2.80. The lowest BCUT2D eigenvalue weighted by atomic mass is 10.1. The molecule has 1 atom stereocenters. The highest BCUT2D eigenvalue weighted by Crippen LogP contribution is 2.31. The zero-order valence-corrected chi connectivity index (χ0v) is 19.4. The summed E-state index contributed by atoms with van der Waals surface area (Å²) in [4.78, 5) is 26.3. The van der Waals surface area contributed by atoms with Crippen molar-refractivity contribution in [2.24, 2.45) is 0 Å². The van der Waals surface area contributed by atoms with Crippen LogP contribution in [0.5, 0.6) is 11.5 Å². The zero-order chi connectivity index (χ0) is 23.5. The van der Waals surface area contributed by atoms with Crippen LogP contribution in [0.25, 0.3) is 0 Å². The molecule has 32 heavy (non-hydrogen) atoms. The summed E-state index contributed by atoms with van der Waals surface area (Å²) in [7, 11) is 1.60. The van der Waals surface area contributed by atoms with E-state index in [0.29, 0.717) is 25.9 Å². The van der Waals surface area contributed by atoms with E-state index in [1.807, 2.05) is 24.3 Å². The SMILES string of the molecule is COc1ccc(CN2CC(Oc3cc(F)c(C(=O)OC(C)(C)C)cc3Cl)CCC2=O)cc1. The third kappa shape index (κ3) is 6.13. The van der Waals surface area contributed by atoms with Crippen molar-refractivity contribution in [3.05, 3.63) is 58.4 Å². The summed E-state index contributed by atoms with van der Waals surface area (Å²) >= 11 is 6.27. The summed E-state index contributed by atoms with van der Waals surface area (Å²) in [6.07, 6.45) is 0.455. The Kier molecular flexibility index (Phi) is 7.29. The minimum Gasteiger partial charge on any atom is -0.497 e. The first-order chi connectivity index (χ1) is 15.1. The van der Waals surface area contributed by atoms with Gasteiger partial charge < -0.3 is 19.1 Å². The van der Waals surface area contributed by atoms with Gasteiger partial charge in [-0.05, 0) is 51.0 Å². The number of amides is 1. The van der Waals surface area contributed by atoms with Gasteiger partial charge in [0.25, 0.3) is 0 Å². The van der Waals surface area contributed by atoms with Crippen molar-refractivity contribution in [1.82, 2.24) is 4.90 Å². The number of rotatable bonds is 6. The van der Waals surface area contributed by atoms with E-state index in [9.17, 15) is 14.0 Å². The normalized spacial score (nSPS) is 16.6. The number of carbonyl (C=O) groups excluding carboxylic acids is 2. The van der Waals surface area contributed by atoms with Gasteiger partial charge in [-0.15, -0.1) is 0 Å². The van der Waals surface area contributed by atoms with Gasteiger partial charge in [0.2, 0.25) is 5.91 Å². The molecular weight excluding hydrogens is 437 g/mol. The van der Waals surface area contributed by atoms with Crippen LogP contribution in [-0.4, -0.2) is 42.1 Å². The molecule has 0 N–H and O–H groups in total. The van der Waals surface area contributed by atoms with Gasteiger partial charge in [0.1, 0.15) is 29.0 Å². The maximum absolute atomic E-state index is 14.6.